The Morgan fingerprint density at radius 3 is 2.57 bits per heavy atom. The van der Waals surface area contributed by atoms with Gasteiger partial charge in [0.25, 0.3) is 5.56 Å². The summed E-state index contributed by atoms with van der Waals surface area (Å²) in [7, 11) is 0. The molecule has 0 saturated carbocycles. The number of fused-ring (bicyclic) bond motifs is 1. The van der Waals surface area contributed by atoms with Crippen LogP contribution in [-0.2, 0) is 11.3 Å². The lowest BCUT2D eigenvalue weighted by atomic mass is 10.3. The number of halogens is 2. The second-order valence-electron chi connectivity index (χ2n) is 6.66. The molecule has 0 aliphatic rings. The number of carbonyl (C=O) groups is 1. The lowest BCUT2D eigenvalue weighted by Gasteiger charge is -2.11. The average molecular weight is 409 g/mol. The van der Waals surface area contributed by atoms with Gasteiger partial charge in [-0.3, -0.25) is 14.2 Å². The Bertz CT molecular complexity index is 1300. The van der Waals surface area contributed by atoms with Gasteiger partial charge in [-0.2, -0.15) is 5.10 Å². The lowest BCUT2D eigenvalue weighted by Crippen LogP contribution is -2.26. The van der Waals surface area contributed by atoms with Crippen LogP contribution >= 0.6 is 0 Å². The molecule has 0 fully saturated rings. The van der Waals surface area contributed by atoms with E-state index >= 15 is 0 Å². The minimum atomic E-state index is -0.532. The largest absolute Gasteiger partial charge is 0.324 e. The van der Waals surface area contributed by atoms with Gasteiger partial charge >= 0.3 is 0 Å². The van der Waals surface area contributed by atoms with Gasteiger partial charge in [-0.05, 0) is 43.3 Å². The Labute approximate surface area is 169 Å². The van der Waals surface area contributed by atoms with Crippen LogP contribution in [0.1, 0.15) is 12.2 Å². The number of hydrogen-bond acceptors (Lipinski definition) is 4. The zero-order valence-electron chi connectivity index (χ0n) is 16.0. The van der Waals surface area contributed by atoms with Crippen molar-refractivity contribution in [2.24, 2.45) is 0 Å². The Morgan fingerprint density at radius 2 is 1.83 bits per heavy atom. The zero-order chi connectivity index (χ0) is 21.3. The number of para-hydroxylation sites is 1. The third-order valence-electron chi connectivity index (χ3n) is 4.66. The molecule has 0 aliphatic carbocycles. The molecule has 9 heteroatoms. The molecule has 152 valence electrons. The van der Waals surface area contributed by atoms with Crippen molar-refractivity contribution in [3.05, 3.63) is 82.5 Å². The van der Waals surface area contributed by atoms with E-state index in [9.17, 15) is 18.4 Å². The van der Waals surface area contributed by atoms with Gasteiger partial charge in [0.2, 0.25) is 5.91 Å². The second-order valence-corrected chi connectivity index (χ2v) is 6.66. The molecule has 0 aliphatic heterocycles. The van der Waals surface area contributed by atoms with Crippen LogP contribution in [0.3, 0.4) is 0 Å². The summed E-state index contributed by atoms with van der Waals surface area (Å²) < 4.78 is 29.7. The highest BCUT2D eigenvalue weighted by molar-refractivity contribution is 5.90. The molecule has 0 atom stereocenters. The molecule has 0 bridgehead atoms. The molecule has 2 heterocycles. The van der Waals surface area contributed by atoms with Crippen molar-refractivity contribution in [2.45, 2.75) is 19.9 Å². The molecule has 4 rings (SSSR count). The zero-order valence-corrected chi connectivity index (χ0v) is 16.0. The van der Waals surface area contributed by atoms with Gasteiger partial charge in [-0.25, -0.2) is 18.4 Å². The van der Waals surface area contributed by atoms with Crippen molar-refractivity contribution in [3.63, 3.8) is 0 Å². The third kappa shape index (κ3) is 3.69. The van der Waals surface area contributed by atoms with Crippen LogP contribution in [0.2, 0.25) is 0 Å². The number of benzene rings is 2. The first kappa shape index (κ1) is 19.4. The minimum absolute atomic E-state index is 0.0334. The summed E-state index contributed by atoms with van der Waals surface area (Å²) in [6.07, 6.45) is 1.36. The number of nitrogens with one attached hydrogen (secondary N) is 1. The number of amides is 1. The smallest absolute Gasteiger partial charge is 0.264 e. The molecular formula is C21H17F2N5O2. The average Bonchev–Trinajstić information content (AvgIpc) is 3.14. The van der Waals surface area contributed by atoms with E-state index in [-0.39, 0.29) is 35.4 Å². The predicted molar refractivity (Wildman–Crippen MR) is 107 cm³/mol. The lowest BCUT2D eigenvalue weighted by molar-refractivity contribution is -0.116. The van der Waals surface area contributed by atoms with E-state index in [1.54, 1.807) is 13.0 Å². The van der Waals surface area contributed by atoms with E-state index in [1.165, 1.54) is 57.9 Å². The molecule has 1 amide bonds. The Hall–Kier alpha value is -3.88. The highest BCUT2D eigenvalue weighted by Crippen LogP contribution is 2.16. The van der Waals surface area contributed by atoms with Crippen molar-refractivity contribution < 1.29 is 13.6 Å². The van der Waals surface area contributed by atoms with Crippen LogP contribution in [0, 0.1) is 18.6 Å². The summed E-state index contributed by atoms with van der Waals surface area (Å²) in [5, 5.41) is 6.96. The number of rotatable bonds is 5. The van der Waals surface area contributed by atoms with Crippen LogP contribution < -0.4 is 10.9 Å². The maximum atomic E-state index is 13.7. The molecule has 0 radical (unpaired) electrons. The van der Waals surface area contributed by atoms with Crippen LogP contribution in [0.15, 0.2) is 59.5 Å². The first-order chi connectivity index (χ1) is 14.4. The fourth-order valence-corrected chi connectivity index (χ4v) is 3.13. The van der Waals surface area contributed by atoms with E-state index in [1.807, 2.05) is 0 Å². The maximum Gasteiger partial charge on any atom is 0.264 e. The van der Waals surface area contributed by atoms with Crippen molar-refractivity contribution in [3.8, 4) is 5.69 Å². The number of hydrogen-bond donors (Lipinski definition) is 1. The number of carbonyl (C=O) groups excluding carboxylic acids is 1. The van der Waals surface area contributed by atoms with Crippen LogP contribution in [0.4, 0.5) is 14.5 Å². The second kappa shape index (κ2) is 7.86. The molecule has 4 aromatic rings. The van der Waals surface area contributed by atoms with E-state index in [2.05, 4.69) is 15.4 Å². The quantitative estimate of drug-likeness (QED) is 0.549. The van der Waals surface area contributed by atoms with Gasteiger partial charge in [-0.1, -0.05) is 12.1 Å². The summed E-state index contributed by atoms with van der Waals surface area (Å²) in [5.74, 6) is -0.936. The van der Waals surface area contributed by atoms with Crippen molar-refractivity contribution in [1.29, 1.82) is 0 Å². The van der Waals surface area contributed by atoms with E-state index in [4.69, 9.17) is 0 Å². The fourth-order valence-electron chi connectivity index (χ4n) is 3.13. The molecule has 0 saturated heterocycles. The molecule has 0 spiro atoms. The molecule has 2 aromatic heterocycles. The van der Waals surface area contributed by atoms with Crippen LogP contribution in [0.5, 0.6) is 0 Å². The Balaban J connectivity index is 1.58. The van der Waals surface area contributed by atoms with Crippen molar-refractivity contribution >= 4 is 22.6 Å². The van der Waals surface area contributed by atoms with Crippen LogP contribution in [0.25, 0.3) is 16.7 Å². The first-order valence-corrected chi connectivity index (χ1v) is 9.19. The molecule has 7 nitrogen and oxygen atoms in total. The molecule has 30 heavy (non-hydrogen) atoms. The summed E-state index contributed by atoms with van der Waals surface area (Å²) in [6.45, 7) is 1.73. The van der Waals surface area contributed by atoms with E-state index in [0.717, 1.165) is 0 Å². The molecule has 0 unspecified atom stereocenters. The molecule has 1 N–H and O–H groups in total. The van der Waals surface area contributed by atoms with E-state index in [0.29, 0.717) is 17.2 Å². The third-order valence-corrected chi connectivity index (χ3v) is 4.66. The Kier molecular flexibility index (Phi) is 5.09. The van der Waals surface area contributed by atoms with Gasteiger partial charge in [-0.15, -0.1) is 0 Å². The summed E-state index contributed by atoms with van der Waals surface area (Å²) in [5.41, 5.74) is 0.654. The normalized spacial score (nSPS) is 11.0. The highest BCUT2D eigenvalue weighted by atomic mass is 19.1. The SMILES string of the molecule is Cc1nc2c(cnn2-c2ccc(F)cc2)c(=O)n1CCC(=O)Nc1ccccc1F. The van der Waals surface area contributed by atoms with Gasteiger partial charge in [0.1, 0.15) is 22.8 Å². The summed E-state index contributed by atoms with van der Waals surface area (Å²) in [4.78, 5) is 29.5. The number of aromatic nitrogens is 4. The van der Waals surface area contributed by atoms with Crippen LogP contribution in [-0.4, -0.2) is 25.2 Å². The first-order valence-electron chi connectivity index (χ1n) is 9.19. The summed E-state index contributed by atoms with van der Waals surface area (Å²) >= 11 is 0. The topological polar surface area (TPSA) is 81.8 Å². The number of aryl methyl sites for hydroxylation is 1. The van der Waals surface area contributed by atoms with Gasteiger partial charge < -0.3 is 5.32 Å². The van der Waals surface area contributed by atoms with Crippen molar-refractivity contribution in [1.82, 2.24) is 19.3 Å². The van der Waals surface area contributed by atoms with Gasteiger partial charge in [0.05, 0.1) is 17.6 Å². The van der Waals surface area contributed by atoms with Gasteiger partial charge in [0, 0.05) is 13.0 Å². The number of nitrogens with zero attached hydrogens (tertiary/aromatic N) is 4. The molecular weight excluding hydrogens is 392 g/mol. The number of anilines is 1. The summed E-state index contributed by atoms with van der Waals surface area (Å²) in [6, 6.07) is 11.5. The van der Waals surface area contributed by atoms with E-state index < -0.39 is 11.7 Å². The fraction of sp³-hybridized carbons (Fsp3) is 0.143. The highest BCUT2D eigenvalue weighted by Gasteiger charge is 2.15. The predicted octanol–water partition coefficient (Wildman–Crippen LogP) is 3.20. The molecule has 2 aromatic carbocycles. The Morgan fingerprint density at radius 1 is 1.10 bits per heavy atom. The van der Waals surface area contributed by atoms with Gasteiger partial charge in [0.15, 0.2) is 5.65 Å². The monoisotopic (exact) mass is 409 g/mol. The van der Waals surface area contributed by atoms with Crippen molar-refractivity contribution in [2.75, 3.05) is 5.32 Å². The maximum absolute atomic E-state index is 13.7. The standard InChI is InChI=1S/C21H17F2N5O2/c1-13-25-20-16(12-24-28(20)15-8-6-14(22)7-9-15)21(30)27(13)11-10-19(29)26-18-5-3-2-4-17(18)23/h2-9,12H,10-11H2,1H3,(H,26,29). The minimum Gasteiger partial charge on any atom is -0.324 e.